The van der Waals surface area contributed by atoms with Crippen molar-refractivity contribution >= 4 is 18.3 Å². The van der Waals surface area contributed by atoms with E-state index in [-0.39, 0.29) is 24.4 Å². The number of carbonyl (C=O) groups is 1. The van der Waals surface area contributed by atoms with Crippen molar-refractivity contribution in [2.24, 2.45) is 0 Å². The average molecular weight is 363 g/mol. The predicted octanol–water partition coefficient (Wildman–Crippen LogP) is 3.37. The highest BCUT2D eigenvalue weighted by molar-refractivity contribution is 5.91. The Morgan fingerprint density at radius 3 is 2.42 bits per heavy atom. The lowest BCUT2D eigenvalue weighted by Gasteiger charge is -2.34. The molecule has 1 amide bonds. The summed E-state index contributed by atoms with van der Waals surface area (Å²) in [6.07, 6.45) is -1.34. The average Bonchev–Trinajstić information content (AvgIpc) is 3.35. The molecule has 0 radical (unpaired) electrons. The van der Waals surface area contributed by atoms with Gasteiger partial charge in [-0.05, 0) is 50.4 Å². The van der Waals surface area contributed by atoms with Crippen LogP contribution in [-0.4, -0.2) is 37.0 Å². The number of amides is 1. The topological polar surface area (TPSA) is 32.3 Å². The van der Waals surface area contributed by atoms with Crippen LogP contribution in [0, 0.1) is 0 Å². The van der Waals surface area contributed by atoms with Crippen LogP contribution < -0.4 is 5.32 Å². The molecule has 1 N–H and O–H groups in total. The van der Waals surface area contributed by atoms with Gasteiger partial charge in [-0.15, -0.1) is 12.4 Å². The molecule has 3 rings (SSSR count). The van der Waals surface area contributed by atoms with Gasteiger partial charge in [-0.3, -0.25) is 4.79 Å². The van der Waals surface area contributed by atoms with Gasteiger partial charge in [-0.2, -0.15) is 13.2 Å². The Kier molecular flexibility index (Phi) is 5.50. The normalized spacial score (nSPS) is 20.2. The fourth-order valence-corrected chi connectivity index (χ4v) is 3.44. The molecule has 1 saturated heterocycles. The number of benzene rings is 1. The maximum absolute atomic E-state index is 12.9. The third-order valence-electron chi connectivity index (χ3n) is 5.08. The molecule has 134 valence electrons. The van der Waals surface area contributed by atoms with E-state index >= 15 is 0 Å². The van der Waals surface area contributed by atoms with Crippen molar-refractivity contribution in [3.8, 4) is 0 Å². The number of rotatable bonds is 3. The van der Waals surface area contributed by atoms with Crippen molar-refractivity contribution in [3.63, 3.8) is 0 Å². The van der Waals surface area contributed by atoms with Crippen LogP contribution >= 0.6 is 12.4 Å². The van der Waals surface area contributed by atoms with E-state index in [2.05, 4.69) is 5.32 Å². The molecule has 3 nitrogen and oxygen atoms in total. The first-order chi connectivity index (χ1) is 10.8. The Morgan fingerprint density at radius 2 is 1.88 bits per heavy atom. The first-order valence-electron chi connectivity index (χ1n) is 8.00. The number of nitrogens with one attached hydrogen (secondary N) is 1. The molecular formula is C17H22ClF3N2O. The van der Waals surface area contributed by atoms with Crippen molar-refractivity contribution in [2.45, 2.75) is 43.3 Å². The zero-order chi connectivity index (χ0) is 16.7. The summed E-state index contributed by atoms with van der Waals surface area (Å²) in [5.41, 5.74) is -0.933. The number of piperidine rings is 1. The summed E-state index contributed by atoms with van der Waals surface area (Å²) in [6, 6.07) is 5.42. The highest BCUT2D eigenvalue weighted by Gasteiger charge is 2.53. The Morgan fingerprint density at radius 1 is 1.25 bits per heavy atom. The molecule has 1 heterocycles. The molecule has 0 unspecified atom stereocenters. The van der Waals surface area contributed by atoms with Gasteiger partial charge in [0, 0.05) is 13.1 Å². The van der Waals surface area contributed by atoms with E-state index in [9.17, 15) is 18.0 Å². The minimum Gasteiger partial charge on any atom is -0.342 e. The largest absolute Gasteiger partial charge is 0.416 e. The van der Waals surface area contributed by atoms with Gasteiger partial charge in [-0.25, -0.2) is 0 Å². The Bertz CT molecular complexity index is 596. The minimum absolute atomic E-state index is 0. The van der Waals surface area contributed by atoms with E-state index in [1.807, 2.05) is 0 Å². The summed E-state index contributed by atoms with van der Waals surface area (Å²) in [4.78, 5) is 14.7. The third-order valence-corrected chi connectivity index (χ3v) is 5.08. The summed E-state index contributed by atoms with van der Waals surface area (Å²) in [7, 11) is 1.78. The second kappa shape index (κ2) is 6.92. The summed E-state index contributed by atoms with van der Waals surface area (Å²) in [5, 5.41) is 3.26. The zero-order valence-corrected chi connectivity index (χ0v) is 14.3. The molecule has 1 aromatic carbocycles. The van der Waals surface area contributed by atoms with Gasteiger partial charge < -0.3 is 10.2 Å². The first kappa shape index (κ1) is 19.1. The van der Waals surface area contributed by atoms with Gasteiger partial charge >= 0.3 is 6.18 Å². The number of halogens is 4. The smallest absolute Gasteiger partial charge is 0.342 e. The fourth-order valence-electron chi connectivity index (χ4n) is 3.44. The quantitative estimate of drug-likeness (QED) is 0.894. The van der Waals surface area contributed by atoms with Gasteiger partial charge in [0.1, 0.15) is 0 Å². The molecule has 0 spiro atoms. The van der Waals surface area contributed by atoms with Crippen LogP contribution in [0.15, 0.2) is 24.3 Å². The molecule has 1 aliphatic heterocycles. The van der Waals surface area contributed by atoms with Crippen LogP contribution in [-0.2, 0) is 16.4 Å². The second-order valence-electron chi connectivity index (χ2n) is 6.56. The van der Waals surface area contributed by atoms with E-state index in [1.165, 1.54) is 6.07 Å². The number of hydrogen-bond donors (Lipinski definition) is 1. The summed E-state index contributed by atoms with van der Waals surface area (Å²) in [5.74, 6) is -0.0382. The van der Waals surface area contributed by atoms with E-state index in [4.69, 9.17) is 0 Å². The highest BCUT2D eigenvalue weighted by atomic mass is 35.5. The highest BCUT2D eigenvalue weighted by Crippen LogP contribution is 2.50. The zero-order valence-electron chi connectivity index (χ0n) is 13.5. The summed E-state index contributed by atoms with van der Waals surface area (Å²) in [6.45, 7) is 1.75. The van der Waals surface area contributed by atoms with E-state index < -0.39 is 17.2 Å². The standard InChI is InChI=1S/C17H21F3N2O.ClH/c1-22(14-5-9-21-10-6-14)15(23)16(7-8-16)12-3-2-4-13(11-12)17(18,19)20;/h2-4,11,14,21H,5-10H2,1H3;1H. The Balaban J connectivity index is 0.00000208. The number of likely N-dealkylation sites (N-methyl/N-ethyl adjacent to an activating group) is 1. The van der Waals surface area contributed by atoms with Crippen LogP contribution in [0.25, 0.3) is 0 Å². The fraction of sp³-hybridized carbons (Fsp3) is 0.588. The van der Waals surface area contributed by atoms with Crippen molar-refractivity contribution in [2.75, 3.05) is 20.1 Å². The maximum Gasteiger partial charge on any atom is 0.416 e. The van der Waals surface area contributed by atoms with E-state index in [0.29, 0.717) is 18.4 Å². The molecule has 2 fully saturated rings. The number of alkyl halides is 3. The summed E-state index contributed by atoms with van der Waals surface area (Å²) < 4.78 is 38.8. The number of carbonyl (C=O) groups excluding carboxylic acids is 1. The van der Waals surface area contributed by atoms with Crippen LogP contribution in [0.3, 0.4) is 0 Å². The lowest BCUT2D eigenvalue weighted by atomic mass is 9.91. The lowest BCUT2D eigenvalue weighted by molar-refractivity contribution is -0.138. The van der Waals surface area contributed by atoms with Crippen LogP contribution in [0.2, 0.25) is 0 Å². The van der Waals surface area contributed by atoms with Crippen LogP contribution in [0.5, 0.6) is 0 Å². The van der Waals surface area contributed by atoms with Crippen molar-refractivity contribution in [1.29, 1.82) is 0 Å². The molecular weight excluding hydrogens is 341 g/mol. The molecule has 0 aromatic heterocycles. The van der Waals surface area contributed by atoms with Gasteiger partial charge in [0.15, 0.2) is 0 Å². The summed E-state index contributed by atoms with van der Waals surface area (Å²) >= 11 is 0. The molecule has 1 aliphatic carbocycles. The Hall–Kier alpha value is -1.27. The number of nitrogens with zero attached hydrogens (tertiary/aromatic N) is 1. The van der Waals surface area contributed by atoms with Gasteiger partial charge in [0.25, 0.3) is 0 Å². The number of hydrogen-bond acceptors (Lipinski definition) is 2. The monoisotopic (exact) mass is 362 g/mol. The molecule has 1 aromatic rings. The van der Waals surface area contributed by atoms with Crippen molar-refractivity contribution < 1.29 is 18.0 Å². The predicted molar refractivity (Wildman–Crippen MR) is 88.3 cm³/mol. The van der Waals surface area contributed by atoms with E-state index in [1.54, 1.807) is 18.0 Å². The molecule has 7 heteroatoms. The van der Waals surface area contributed by atoms with Crippen molar-refractivity contribution in [1.82, 2.24) is 10.2 Å². The maximum atomic E-state index is 12.9. The van der Waals surface area contributed by atoms with Crippen LogP contribution in [0.1, 0.15) is 36.8 Å². The molecule has 0 atom stereocenters. The molecule has 24 heavy (non-hydrogen) atoms. The van der Waals surface area contributed by atoms with E-state index in [0.717, 1.165) is 38.1 Å². The second-order valence-corrected chi connectivity index (χ2v) is 6.56. The van der Waals surface area contributed by atoms with Gasteiger partial charge in [-0.1, -0.05) is 18.2 Å². The lowest BCUT2D eigenvalue weighted by Crippen LogP contribution is -2.47. The molecule has 1 saturated carbocycles. The first-order valence-corrected chi connectivity index (χ1v) is 8.00. The molecule has 2 aliphatic rings. The third kappa shape index (κ3) is 3.54. The van der Waals surface area contributed by atoms with Gasteiger partial charge in [0.05, 0.1) is 11.0 Å². The van der Waals surface area contributed by atoms with Gasteiger partial charge in [0.2, 0.25) is 5.91 Å². The molecule has 0 bridgehead atoms. The van der Waals surface area contributed by atoms with Crippen molar-refractivity contribution in [3.05, 3.63) is 35.4 Å². The SMILES string of the molecule is CN(C(=O)C1(c2cccc(C(F)(F)F)c2)CC1)C1CCNCC1.Cl. The van der Waals surface area contributed by atoms with Crippen LogP contribution in [0.4, 0.5) is 13.2 Å². The Labute approximate surface area is 146 Å². The minimum atomic E-state index is -4.38.